The normalized spacial score (nSPS) is 12.3. The van der Waals surface area contributed by atoms with E-state index < -0.39 is 0 Å². The summed E-state index contributed by atoms with van der Waals surface area (Å²) in [4.78, 5) is 14.0. The molecule has 0 aromatic heterocycles. The smallest absolute Gasteiger partial charge is 0.242 e. The minimum absolute atomic E-state index is 0.0185. The number of hydrogen-bond acceptors (Lipinski definition) is 1. The maximum atomic E-state index is 12.1. The van der Waals surface area contributed by atoms with Crippen LogP contribution in [0.1, 0.15) is 38.3 Å². The van der Waals surface area contributed by atoms with Gasteiger partial charge in [0.05, 0.1) is 5.69 Å². The second kappa shape index (κ2) is 6.79. The summed E-state index contributed by atoms with van der Waals surface area (Å²) in [5.41, 5.74) is 3.38. The van der Waals surface area contributed by atoms with Crippen LogP contribution in [0.25, 0.3) is 0 Å². The van der Waals surface area contributed by atoms with Crippen molar-refractivity contribution in [1.82, 2.24) is 0 Å². The molecule has 0 bridgehead atoms. The highest BCUT2D eigenvalue weighted by Crippen LogP contribution is 2.28. The van der Waals surface area contributed by atoms with E-state index in [1.165, 1.54) is 5.56 Å². The molecule has 2 nitrogen and oxygen atoms in total. The Balaban J connectivity index is 3.32. The van der Waals surface area contributed by atoms with Crippen LogP contribution >= 0.6 is 11.6 Å². The molecule has 0 N–H and O–H groups in total. The molecule has 3 heteroatoms. The molecular formula is C15H22ClNO. The molecule has 1 rings (SSSR count). The number of hydrogen-bond donors (Lipinski definition) is 0. The lowest BCUT2D eigenvalue weighted by Gasteiger charge is -2.31. The molecule has 0 aliphatic rings. The predicted molar refractivity (Wildman–Crippen MR) is 78.5 cm³/mol. The molecule has 1 atom stereocenters. The zero-order valence-electron chi connectivity index (χ0n) is 11.7. The Kier molecular flexibility index (Phi) is 5.67. The van der Waals surface area contributed by atoms with E-state index in [-0.39, 0.29) is 17.8 Å². The van der Waals surface area contributed by atoms with Crippen LogP contribution in [0.15, 0.2) is 18.2 Å². The molecule has 0 saturated heterocycles. The Morgan fingerprint density at radius 1 is 1.39 bits per heavy atom. The van der Waals surface area contributed by atoms with Crippen molar-refractivity contribution in [3.05, 3.63) is 29.3 Å². The molecule has 1 aromatic carbocycles. The highest BCUT2D eigenvalue weighted by Gasteiger charge is 2.23. The number of rotatable bonds is 5. The second-order valence-corrected chi connectivity index (χ2v) is 4.86. The van der Waals surface area contributed by atoms with Gasteiger partial charge in [-0.3, -0.25) is 4.79 Å². The third-order valence-corrected chi connectivity index (χ3v) is 3.59. The summed E-state index contributed by atoms with van der Waals surface area (Å²) >= 11 is 5.75. The summed E-state index contributed by atoms with van der Waals surface area (Å²) in [6.07, 6.45) is 1.83. The van der Waals surface area contributed by atoms with Crippen molar-refractivity contribution in [2.75, 3.05) is 10.8 Å². The number of carbonyl (C=O) groups is 1. The van der Waals surface area contributed by atoms with Gasteiger partial charge in [-0.25, -0.2) is 0 Å². The van der Waals surface area contributed by atoms with Gasteiger partial charge in [0.25, 0.3) is 0 Å². The molecular weight excluding hydrogens is 246 g/mol. The molecule has 0 radical (unpaired) electrons. The first kappa shape index (κ1) is 15.0. The predicted octanol–water partition coefficient (Wildman–Crippen LogP) is 3.93. The maximum Gasteiger partial charge on any atom is 0.242 e. The van der Waals surface area contributed by atoms with E-state index in [4.69, 9.17) is 11.6 Å². The van der Waals surface area contributed by atoms with Crippen molar-refractivity contribution in [2.24, 2.45) is 0 Å². The molecule has 100 valence electrons. The number of halogens is 1. The minimum atomic E-state index is -0.0185. The molecule has 0 spiro atoms. The highest BCUT2D eigenvalue weighted by atomic mass is 35.5. The number of anilines is 1. The second-order valence-electron chi connectivity index (χ2n) is 4.59. The molecule has 0 aliphatic heterocycles. The number of nitrogens with zero attached hydrogens (tertiary/aromatic N) is 1. The Hall–Kier alpha value is -1.02. The zero-order valence-corrected chi connectivity index (χ0v) is 12.4. The fourth-order valence-corrected chi connectivity index (χ4v) is 2.32. The average Bonchev–Trinajstić information content (AvgIpc) is 2.39. The van der Waals surface area contributed by atoms with Crippen LogP contribution in [-0.2, 0) is 11.2 Å². The van der Waals surface area contributed by atoms with Crippen LogP contribution in [0, 0.1) is 6.92 Å². The van der Waals surface area contributed by atoms with E-state index in [0.717, 1.165) is 24.1 Å². The van der Waals surface area contributed by atoms with E-state index in [9.17, 15) is 4.79 Å². The largest absolute Gasteiger partial charge is 0.308 e. The first-order valence-corrected chi connectivity index (χ1v) is 7.06. The summed E-state index contributed by atoms with van der Waals surface area (Å²) in [6, 6.07) is 6.34. The van der Waals surface area contributed by atoms with E-state index in [2.05, 4.69) is 26.8 Å². The summed E-state index contributed by atoms with van der Waals surface area (Å²) in [5.74, 6) is 0.0111. The Bertz CT molecular complexity index is 417. The molecule has 18 heavy (non-hydrogen) atoms. The van der Waals surface area contributed by atoms with Crippen LogP contribution in [0.5, 0.6) is 0 Å². The standard InChI is InChI=1S/C15H22ClNO/c1-5-12(4)17(14(18)10-16)15-11(3)8-7-9-13(15)6-2/h7-9,12H,5-6,10H2,1-4H3. The van der Waals surface area contributed by atoms with Crippen molar-refractivity contribution in [2.45, 2.75) is 46.6 Å². The Morgan fingerprint density at radius 2 is 2.06 bits per heavy atom. The lowest BCUT2D eigenvalue weighted by atomic mass is 10.0. The van der Waals surface area contributed by atoms with Gasteiger partial charge in [0.2, 0.25) is 5.91 Å². The SMILES string of the molecule is CCc1cccc(C)c1N(C(=O)CCl)C(C)CC. The van der Waals surface area contributed by atoms with Gasteiger partial charge in [0.15, 0.2) is 0 Å². The molecule has 0 heterocycles. The molecule has 1 amide bonds. The topological polar surface area (TPSA) is 20.3 Å². The molecule has 0 fully saturated rings. The third-order valence-electron chi connectivity index (χ3n) is 3.36. The van der Waals surface area contributed by atoms with Gasteiger partial charge in [-0.2, -0.15) is 0 Å². The number of benzene rings is 1. The van der Waals surface area contributed by atoms with Crippen LogP contribution in [0.4, 0.5) is 5.69 Å². The minimum Gasteiger partial charge on any atom is -0.308 e. The van der Waals surface area contributed by atoms with Gasteiger partial charge in [-0.15, -0.1) is 11.6 Å². The average molecular weight is 268 g/mol. The van der Waals surface area contributed by atoms with Crippen LogP contribution in [-0.4, -0.2) is 17.8 Å². The molecule has 0 saturated carbocycles. The maximum absolute atomic E-state index is 12.1. The van der Waals surface area contributed by atoms with Gasteiger partial charge in [0.1, 0.15) is 5.88 Å². The van der Waals surface area contributed by atoms with Gasteiger partial charge in [-0.1, -0.05) is 32.0 Å². The lowest BCUT2D eigenvalue weighted by molar-refractivity contribution is -0.116. The van der Waals surface area contributed by atoms with Gasteiger partial charge in [-0.05, 0) is 37.8 Å². The van der Waals surface area contributed by atoms with Crippen molar-refractivity contribution >= 4 is 23.2 Å². The quantitative estimate of drug-likeness (QED) is 0.741. The fourth-order valence-electron chi connectivity index (χ4n) is 2.19. The van der Waals surface area contributed by atoms with E-state index in [1.54, 1.807) is 0 Å². The first-order chi connectivity index (χ1) is 8.56. The van der Waals surface area contributed by atoms with Crippen LogP contribution in [0.3, 0.4) is 0 Å². The van der Waals surface area contributed by atoms with Crippen molar-refractivity contribution in [3.63, 3.8) is 0 Å². The fraction of sp³-hybridized carbons (Fsp3) is 0.533. The number of alkyl halides is 1. The van der Waals surface area contributed by atoms with E-state index >= 15 is 0 Å². The summed E-state index contributed by atoms with van der Waals surface area (Å²) in [5, 5.41) is 0. The first-order valence-electron chi connectivity index (χ1n) is 6.53. The Morgan fingerprint density at radius 3 is 2.56 bits per heavy atom. The zero-order chi connectivity index (χ0) is 13.7. The van der Waals surface area contributed by atoms with Crippen LogP contribution in [0.2, 0.25) is 0 Å². The number of para-hydroxylation sites is 1. The monoisotopic (exact) mass is 267 g/mol. The highest BCUT2D eigenvalue weighted by molar-refractivity contribution is 6.29. The van der Waals surface area contributed by atoms with Crippen molar-refractivity contribution < 1.29 is 4.79 Å². The Labute approximate surface area is 115 Å². The molecule has 1 unspecified atom stereocenters. The number of carbonyl (C=O) groups excluding carboxylic acids is 1. The van der Waals surface area contributed by atoms with Gasteiger partial charge >= 0.3 is 0 Å². The molecule has 1 aromatic rings. The van der Waals surface area contributed by atoms with Crippen molar-refractivity contribution in [1.29, 1.82) is 0 Å². The number of aryl methyl sites for hydroxylation is 2. The van der Waals surface area contributed by atoms with Crippen molar-refractivity contribution in [3.8, 4) is 0 Å². The van der Waals surface area contributed by atoms with E-state index in [0.29, 0.717) is 0 Å². The van der Waals surface area contributed by atoms with Crippen LogP contribution < -0.4 is 4.90 Å². The van der Waals surface area contributed by atoms with E-state index in [1.807, 2.05) is 24.0 Å². The summed E-state index contributed by atoms with van der Waals surface area (Å²) < 4.78 is 0. The number of amides is 1. The van der Waals surface area contributed by atoms with Gasteiger partial charge < -0.3 is 4.90 Å². The summed E-state index contributed by atoms with van der Waals surface area (Å²) in [7, 11) is 0. The third kappa shape index (κ3) is 3.05. The molecule has 0 aliphatic carbocycles. The van der Waals surface area contributed by atoms with Gasteiger partial charge in [0, 0.05) is 6.04 Å². The summed E-state index contributed by atoms with van der Waals surface area (Å²) in [6.45, 7) is 8.31. The lowest BCUT2D eigenvalue weighted by Crippen LogP contribution is -2.40.